The number of anilines is 1. The maximum atomic E-state index is 12.8. The highest BCUT2D eigenvalue weighted by molar-refractivity contribution is 6.30. The Morgan fingerprint density at radius 3 is 2.37 bits per heavy atom. The standard InChI is InChI=1S/C20H20ClN3O3/c1-13-18(20(26)24(23(13)3)16-7-5-4-6-8-16)22-19(25)14(2)27-17-11-9-15(21)10-12-17/h4-12,14H,1-3H3,(H,22,25)/t14-/m0/s1. The predicted molar refractivity (Wildman–Crippen MR) is 106 cm³/mol. The zero-order chi connectivity index (χ0) is 19.6. The van der Waals surface area contributed by atoms with Gasteiger partial charge in [-0.25, -0.2) is 4.68 Å². The van der Waals surface area contributed by atoms with E-state index in [1.165, 1.54) is 4.68 Å². The number of carbonyl (C=O) groups is 1. The summed E-state index contributed by atoms with van der Waals surface area (Å²) in [5, 5.41) is 3.28. The monoisotopic (exact) mass is 385 g/mol. The van der Waals surface area contributed by atoms with Crippen LogP contribution in [0.5, 0.6) is 5.75 Å². The summed E-state index contributed by atoms with van der Waals surface area (Å²) in [5.74, 6) is 0.115. The van der Waals surface area contributed by atoms with Crippen LogP contribution in [0.15, 0.2) is 59.4 Å². The van der Waals surface area contributed by atoms with E-state index in [0.717, 1.165) is 5.69 Å². The normalized spacial score (nSPS) is 11.9. The SMILES string of the molecule is Cc1c(NC(=O)[C@H](C)Oc2ccc(Cl)cc2)c(=O)n(-c2ccccc2)n1C. The molecule has 0 bridgehead atoms. The lowest BCUT2D eigenvalue weighted by Gasteiger charge is -2.14. The first-order chi connectivity index (χ1) is 12.9. The third-order valence-electron chi connectivity index (χ3n) is 4.30. The van der Waals surface area contributed by atoms with Gasteiger partial charge in [0.2, 0.25) is 0 Å². The Labute approximate surface area is 161 Å². The summed E-state index contributed by atoms with van der Waals surface area (Å²) in [6, 6.07) is 16.0. The highest BCUT2D eigenvalue weighted by atomic mass is 35.5. The first-order valence-corrected chi connectivity index (χ1v) is 8.83. The summed E-state index contributed by atoms with van der Waals surface area (Å²) in [5.41, 5.74) is 1.31. The quantitative estimate of drug-likeness (QED) is 0.730. The average molecular weight is 386 g/mol. The Morgan fingerprint density at radius 2 is 1.74 bits per heavy atom. The number of amides is 1. The molecule has 0 spiro atoms. The maximum absolute atomic E-state index is 12.8. The molecule has 140 valence electrons. The molecule has 0 aliphatic heterocycles. The minimum Gasteiger partial charge on any atom is -0.481 e. The number of benzene rings is 2. The van der Waals surface area contributed by atoms with Crippen molar-refractivity contribution in [3.63, 3.8) is 0 Å². The number of nitrogens with one attached hydrogen (secondary N) is 1. The van der Waals surface area contributed by atoms with E-state index < -0.39 is 12.0 Å². The molecular formula is C20H20ClN3O3. The Morgan fingerprint density at radius 1 is 1.11 bits per heavy atom. The van der Waals surface area contributed by atoms with Crippen molar-refractivity contribution in [3.8, 4) is 11.4 Å². The Kier molecular flexibility index (Phi) is 5.37. The molecule has 3 rings (SSSR count). The fraction of sp³-hybridized carbons (Fsp3) is 0.200. The molecule has 0 saturated carbocycles. The number of carbonyl (C=O) groups excluding carboxylic acids is 1. The van der Waals surface area contributed by atoms with Gasteiger partial charge in [0.05, 0.1) is 11.4 Å². The fourth-order valence-corrected chi connectivity index (χ4v) is 2.83. The van der Waals surface area contributed by atoms with Crippen molar-refractivity contribution in [2.75, 3.05) is 5.32 Å². The van der Waals surface area contributed by atoms with Crippen LogP contribution in [0, 0.1) is 6.92 Å². The predicted octanol–water partition coefficient (Wildman–Crippen LogP) is 3.54. The molecule has 0 aliphatic rings. The first-order valence-electron chi connectivity index (χ1n) is 8.45. The van der Waals surface area contributed by atoms with Gasteiger partial charge in [0.25, 0.3) is 11.5 Å². The summed E-state index contributed by atoms with van der Waals surface area (Å²) in [7, 11) is 1.77. The molecule has 1 N–H and O–H groups in total. The van der Waals surface area contributed by atoms with Gasteiger partial charge >= 0.3 is 0 Å². The van der Waals surface area contributed by atoms with E-state index in [9.17, 15) is 9.59 Å². The van der Waals surface area contributed by atoms with E-state index in [-0.39, 0.29) is 11.2 Å². The minimum absolute atomic E-state index is 0.234. The molecule has 0 aliphatic carbocycles. The maximum Gasteiger partial charge on any atom is 0.295 e. The van der Waals surface area contributed by atoms with Gasteiger partial charge < -0.3 is 10.1 Å². The third-order valence-corrected chi connectivity index (χ3v) is 4.55. The number of rotatable bonds is 5. The van der Waals surface area contributed by atoms with Crippen LogP contribution in [0.3, 0.4) is 0 Å². The number of hydrogen-bond donors (Lipinski definition) is 1. The van der Waals surface area contributed by atoms with Crippen molar-refractivity contribution < 1.29 is 9.53 Å². The van der Waals surface area contributed by atoms with E-state index in [2.05, 4.69) is 5.32 Å². The molecule has 2 aromatic carbocycles. The molecule has 1 atom stereocenters. The molecule has 0 fully saturated rings. The summed E-state index contributed by atoms with van der Waals surface area (Å²) in [6.45, 7) is 3.40. The van der Waals surface area contributed by atoms with Crippen molar-refractivity contribution in [2.24, 2.45) is 7.05 Å². The van der Waals surface area contributed by atoms with Gasteiger partial charge in [0, 0.05) is 12.1 Å². The minimum atomic E-state index is -0.782. The summed E-state index contributed by atoms with van der Waals surface area (Å²) in [4.78, 5) is 25.4. The van der Waals surface area contributed by atoms with Crippen molar-refractivity contribution in [1.82, 2.24) is 9.36 Å². The Bertz CT molecular complexity index is 1010. The van der Waals surface area contributed by atoms with E-state index in [0.29, 0.717) is 16.5 Å². The van der Waals surface area contributed by atoms with Crippen LogP contribution in [0.2, 0.25) is 5.02 Å². The highest BCUT2D eigenvalue weighted by Crippen LogP contribution is 2.18. The number of nitrogens with zero attached hydrogens (tertiary/aromatic N) is 2. The van der Waals surface area contributed by atoms with Gasteiger partial charge in [-0.3, -0.25) is 14.3 Å². The molecule has 7 heteroatoms. The smallest absolute Gasteiger partial charge is 0.295 e. The van der Waals surface area contributed by atoms with Crippen LogP contribution in [-0.4, -0.2) is 21.4 Å². The number of aromatic nitrogens is 2. The van der Waals surface area contributed by atoms with E-state index in [1.807, 2.05) is 30.3 Å². The second-order valence-electron chi connectivity index (χ2n) is 6.14. The van der Waals surface area contributed by atoms with Crippen molar-refractivity contribution in [1.29, 1.82) is 0 Å². The zero-order valence-electron chi connectivity index (χ0n) is 15.3. The number of hydrogen-bond acceptors (Lipinski definition) is 3. The Balaban J connectivity index is 1.82. The van der Waals surface area contributed by atoms with Crippen molar-refractivity contribution in [3.05, 3.63) is 75.7 Å². The zero-order valence-corrected chi connectivity index (χ0v) is 16.0. The lowest BCUT2D eigenvalue weighted by Crippen LogP contribution is -2.32. The molecule has 1 aromatic heterocycles. The molecule has 3 aromatic rings. The van der Waals surface area contributed by atoms with Crippen LogP contribution in [0.1, 0.15) is 12.6 Å². The van der Waals surface area contributed by atoms with Gasteiger partial charge in [-0.15, -0.1) is 0 Å². The fourth-order valence-electron chi connectivity index (χ4n) is 2.71. The lowest BCUT2D eigenvalue weighted by molar-refractivity contribution is -0.122. The highest BCUT2D eigenvalue weighted by Gasteiger charge is 2.21. The van der Waals surface area contributed by atoms with Gasteiger partial charge in [0.15, 0.2) is 6.10 Å². The summed E-state index contributed by atoms with van der Waals surface area (Å²) >= 11 is 5.85. The molecule has 0 radical (unpaired) electrons. The van der Waals surface area contributed by atoms with Crippen LogP contribution < -0.4 is 15.6 Å². The molecule has 6 nitrogen and oxygen atoms in total. The van der Waals surface area contributed by atoms with Crippen LogP contribution in [0.4, 0.5) is 5.69 Å². The number of ether oxygens (including phenoxy) is 1. The second-order valence-corrected chi connectivity index (χ2v) is 6.58. The van der Waals surface area contributed by atoms with Crippen LogP contribution in [0.25, 0.3) is 5.69 Å². The molecule has 0 saturated heterocycles. The molecule has 1 amide bonds. The number of halogens is 1. The molecule has 27 heavy (non-hydrogen) atoms. The topological polar surface area (TPSA) is 65.3 Å². The molecule has 0 unspecified atom stereocenters. The van der Waals surface area contributed by atoms with Crippen LogP contribution in [-0.2, 0) is 11.8 Å². The largest absolute Gasteiger partial charge is 0.481 e. The number of para-hydroxylation sites is 1. The lowest BCUT2D eigenvalue weighted by atomic mass is 10.3. The van der Waals surface area contributed by atoms with Crippen molar-refractivity contribution >= 4 is 23.2 Å². The molecular weight excluding hydrogens is 366 g/mol. The molecule has 1 heterocycles. The van der Waals surface area contributed by atoms with Gasteiger partial charge in [-0.05, 0) is 50.2 Å². The van der Waals surface area contributed by atoms with Gasteiger partial charge in [-0.1, -0.05) is 29.8 Å². The van der Waals surface area contributed by atoms with E-state index in [1.54, 1.807) is 49.8 Å². The summed E-state index contributed by atoms with van der Waals surface area (Å²) in [6.07, 6.45) is -0.782. The van der Waals surface area contributed by atoms with Gasteiger partial charge in [-0.2, -0.15) is 0 Å². The third kappa shape index (κ3) is 3.90. The van der Waals surface area contributed by atoms with Crippen LogP contribution >= 0.6 is 11.6 Å². The first kappa shape index (κ1) is 18.8. The van der Waals surface area contributed by atoms with E-state index in [4.69, 9.17) is 16.3 Å². The van der Waals surface area contributed by atoms with E-state index >= 15 is 0 Å². The average Bonchev–Trinajstić information content (AvgIpc) is 2.87. The van der Waals surface area contributed by atoms with Crippen molar-refractivity contribution in [2.45, 2.75) is 20.0 Å². The summed E-state index contributed by atoms with van der Waals surface area (Å²) < 4.78 is 8.83. The van der Waals surface area contributed by atoms with Gasteiger partial charge in [0.1, 0.15) is 11.4 Å². The second kappa shape index (κ2) is 7.72. The Hall–Kier alpha value is -2.99.